The summed E-state index contributed by atoms with van der Waals surface area (Å²) in [4.78, 5) is 23.5. The van der Waals surface area contributed by atoms with Gasteiger partial charge in [0.1, 0.15) is 0 Å². The molecule has 2 aromatic carbocycles. The first-order chi connectivity index (χ1) is 13.6. The number of hydrogen-bond acceptors (Lipinski definition) is 4. The standard InChI is InChI=1S/C22H21N3O2S/c1-15-20(11-18(14-26)28-22(27)24-2)19-8-3-4-9-21(19)25(15)13-17-7-5-6-16(10-17)12-23/h3-12,14,23H,13H2,1-2H3,(H,24,27)/b18-11-,23-12?. The van der Waals surface area contributed by atoms with E-state index in [-0.39, 0.29) is 5.24 Å². The summed E-state index contributed by atoms with van der Waals surface area (Å²) < 4.78 is 2.19. The van der Waals surface area contributed by atoms with Crippen LogP contribution in [0, 0.1) is 12.3 Å². The Labute approximate surface area is 168 Å². The zero-order valence-corrected chi connectivity index (χ0v) is 16.5. The fourth-order valence-corrected chi connectivity index (χ4v) is 3.74. The van der Waals surface area contributed by atoms with Crippen LogP contribution in [-0.4, -0.2) is 29.4 Å². The van der Waals surface area contributed by atoms with Crippen LogP contribution in [-0.2, 0) is 11.3 Å². The third-order valence-corrected chi connectivity index (χ3v) is 5.39. The first-order valence-corrected chi connectivity index (χ1v) is 9.62. The summed E-state index contributed by atoms with van der Waals surface area (Å²) >= 11 is 0.884. The van der Waals surface area contributed by atoms with Crippen LogP contribution in [0.3, 0.4) is 0 Å². The predicted octanol–water partition coefficient (Wildman–Crippen LogP) is 4.61. The minimum absolute atomic E-state index is 0.275. The molecule has 0 spiro atoms. The normalized spacial score (nSPS) is 11.4. The summed E-state index contributed by atoms with van der Waals surface area (Å²) in [7, 11) is 1.54. The minimum Gasteiger partial charge on any atom is -0.350 e. The number of amides is 1. The van der Waals surface area contributed by atoms with Gasteiger partial charge in [-0.15, -0.1) is 0 Å². The van der Waals surface area contributed by atoms with E-state index in [0.717, 1.165) is 45.0 Å². The SMILES string of the molecule is CNC(=O)S/C(C=O)=C\c1c(C)n(Cc2cccc(C=N)c2)c2ccccc12. The van der Waals surface area contributed by atoms with Gasteiger partial charge in [-0.25, -0.2) is 0 Å². The van der Waals surface area contributed by atoms with Crippen LogP contribution >= 0.6 is 11.8 Å². The second kappa shape index (κ2) is 8.71. The highest BCUT2D eigenvalue weighted by Gasteiger charge is 2.14. The van der Waals surface area contributed by atoms with Crippen molar-refractivity contribution in [2.45, 2.75) is 13.5 Å². The van der Waals surface area contributed by atoms with E-state index in [9.17, 15) is 9.59 Å². The van der Waals surface area contributed by atoms with E-state index in [1.54, 1.807) is 6.08 Å². The Balaban J connectivity index is 2.10. The maximum atomic E-state index is 11.7. The number of nitrogens with zero attached hydrogens (tertiary/aromatic N) is 1. The average molecular weight is 391 g/mol. The predicted molar refractivity (Wildman–Crippen MR) is 116 cm³/mol. The van der Waals surface area contributed by atoms with Crippen LogP contribution in [0.15, 0.2) is 53.4 Å². The van der Waals surface area contributed by atoms with Crippen LogP contribution in [0.1, 0.15) is 22.4 Å². The van der Waals surface area contributed by atoms with E-state index in [1.165, 1.54) is 13.3 Å². The second-order valence-electron chi connectivity index (χ2n) is 6.30. The van der Waals surface area contributed by atoms with E-state index in [4.69, 9.17) is 5.41 Å². The van der Waals surface area contributed by atoms with E-state index >= 15 is 0 Å². The van der Waals surface area contributed by atoms with Gasteiger partial charge in [0.2, 0.25) is 0 Å². The first-order valence-electron chi connectivity index (χ1n) is 8.81. The molecule has 2 N–H and O–H groups in total. The Bertz CT molecular complexity index is 1080. The Morgan fingerprint density at radius 3 is 2.71 bits per heavy atom. The monoisotopic (exact) mass is 391 g/mol. The molecule has 3 aromatic rings. The molecule has 1 heterocycles. The molecule has 0 fully saturated rings. The quantitative estimate of drug-likeness (QED) is 0.366. The molecule has 6 heteroatoms. The lowest BCUT2D eigenvalue weighted by molar-refractivity contribution is -0.104. The van der Waals surface area contributed by atoms with Crippen molar-refractivity contribution < 1.29 is 9.59 Å². The summed E-state index contributed by atoms with van der Waals surface area (Å²) in [6.45, 7) is 2.67. The largest absolute Gasteiger partial charge is 0.350 e. The zero-order valence-electron chi connectivity index (χ0n) is 15.7. The lowest BCUT2D eigenvalue weighted by Gasteiger charge is -2.09. The van der Waals surface area contributed by atoms with Gasteiger partial charge in [-0.2, -0.15) is 0 Å². The van der Waals surface area contributed by atoms with Gasteiger partial charge in [0.15, 0.2) is 6.29 Å². The molecule has 0 bridgehead atoms. The minimum atomic E-state index is -0.275. The van der Waals surface area contributed by atoms with Crippen molar-refractivity contribution in [2.75, 3.05) is 7.05 Å². The number of aldehydes is 1. The molecule has 28 heavy (non-hydrogen) atoms. The molecule has 0 aliphatic heterocycles. The fraction of sp³-hybridized carbons (Fsp3) is 0.136. The van der Waals surface area contributed by atoms with Crippen molar-refractivity contribution in [2.24, 2.45) is 0 Å². The molecule has 3 rings (SSSR count). The van der Waals surface area contributed by atoms with Crippen LogP contribution in [0.25, 0.3) is 17.0 Å². The molecule has 142 valence electrons. The van der Waals surface area contributed by atoms with Crippen LogP contribution in [0.2, 0.25) is 0 Å². The van der Waals surface area contributed by atoms with Gasteiger partial charge in [-0.3, -0.25) is 9.59 Å². The first kappa shape index (κ1) is 19.6. The average Bonchev–Trinajstić information content (AvgIpc) is 2.99. The molecule has 0 aliphatic carbocycles. The summed E-state index contributed by atoms with van der Waals surface area (Å²) in [5.74, 6) is 0. The number of rotatable bonds is 6. The molecule has 0 unspecified atom stereocenters. The summed E-state index contributed by atoms with van der Waals surface area (Å²) in [6.07, 6.45) is 3.82. The molecule has 0 radical (unpaired) electrons. The molecule has 1 amide bonds. The van der Waals surface area contributed by atoms with Crippen LogP contribution in [0.5, 0.6) is 0 Å². The summed E-state index contributed by atoms with van der Waals surface area (Å²) in [6, 6.07) is 15.9. The lowest BCUT2D eigenvalue weighted by atomic mass is 10.1. The number of carbonyl (C=O) groups is 2. The van der Waals surface area contributed by atoms with E-state index in [0.29, 0.717) is 17.7 Å². The number of hydrogen-bond donors (Lipinski definition) is 2. The Kier molecular flexibility index (Phi) is 6.11. The van der Waals surface area contributed by atoms with Crippen LogP contribution in [0.4, 0.5) is 4.79 Å². The van der Waals surface area contributed by atoms with Gasteiger partial charge in [-0.05, 0) is 48.0 Å². The second-order valence-corrected chi connectivity index (χ2v) is 7.34. The number of thioether (sulfide) groups is 1. The maximum absolute atomic E-state index is 11.7. The van der Waals surface area contributed by atoms with Crippen molar-refractivity contribution >= 4 is 46.5 Å². The van der Waals surface area contributed by atoms with Gasteiger partial charge in [0.05, 0.1) is 4.91 Å². The van der Waals surface area contributed by atoms with Gasteiger partial charge >= 0.3 is 0 Å². The van der Waals surface area contributed by atoms with Crippen molar-refractivity contribution in [3.8, 4) is 0 Å². The fourth-order valence-electron chi connectivity index (χ4n) is 3.20. The van der Waals surface area contributed by atoms with Gasteiger partial charge in [0.25, 0.3) is 5.24 Å². The molecule has 0 aliphatic rings. The summed E-state index contributed by atoms with van der Waals surface area (Å²) in [5.41, 5.74) is 4.95. The highest BCUT2D eigenvalue weighted by Crippen LogP contribution is 2.30. The van der Waals surface area contributed by atoms with Gasteiger partial charge in [-0.1, -0.05) is 36.4 Å². The molecule has 5 nitrogen and oxygen atoms in total. The third-order valence-electron chi connectivity index (χ3n) is 4.56. The van der Waals surface area contributed by atoms with Gasteiger partial charge in [0, 0.05) is 42.0 Å². The topological polar surface area (TPSA) is 75.0 Å². The number of fused-ring (bicyclic) bond motifs is 1. The Morgan fingerprint density at radius 2 is 2.00 bits per heavy atom. The highest BCUT2D eigenvalue weighted by molar-refractivity contribution is 8.17. The molecular formula is C22H21N3O2S. The summed E-state index contributed by atoms with van der Waals surface area (Å²) in [5, 5.41) is 10.7. The highest BCUT2D eigenvalue weighted by atomic mass is 32.2. The van der Waals surface area contributed by atoms with Crippen molar-refractivity contribution in [1.82, 2.24) is 9.88 Å². The number of carbonyl (C=O) groups excluding carboxylic acids is 2. The number of benzene rings is 2. The molecule has 0 atom stereocenters. The van der Waals surface area contributed by atoms with Crippen LogP contribution < -0.4 is 5.32 Å². The molecular weight excluding hydrogens is 370 g/mol. The number of allylic oxidation sites excluding steroid dienone is 1. The molecule has 0 saturated heterocycles. The lowest BCUT2D eigenvalue weighted by Crippen LogP contribution is -2.11. The Hall–Kier alpha value is -3.12. The number of para-hydroxylation sites is 1. The van der Waals surface area contributed by atoms with Crippen molar-refractivity contribution in [1.29, 1.82) is 5.41 Å². The zero-order chi connectivity index (χ0) is 20.1. The number of aromatic nitrogens is 1. The van der Waals surface area contributed by atoms with Crippen molar-refractivity contribution in [3.05, 3.63) is 75.8 Å². The molecule has 1 aromatic heterocycles. The van der Waals surface area contributed by atoms with E-state index in [1.807, 2.05) is 55.5 Å². The van der Waals surface area contributed by atoms with E-state index < -0.39 is 0 Å². The molecule has 0 saturated carbocycles. The Morgan fingerprint density at radius 1 is 1.21 bits per heavy atom. The number of nitrogens with one attached hydrogen (secondary N) is 2. The maximum Gasteiger partial charge on any atom is 0.283 e. The smallest absolute Gasteiger partial charge is 0.283 e. The van der Waals surface area contributed by atoms with Gasteiger partial charge < -0.3 is 15.3 Å². The third kappa shape index (κ3) is 4.07. The van der Waals surface area contributed by atoms with Crippen molar-refractivity contribution in [3.63, 3.8) is 0 Å². The van der Waals surface area contributed by atoms with E-state index in [2.05, 4.69) is 9.88 Å².